The van der Waals surface area contributed by atoms with Gasteiger partial charge in [-0.15, -0.1) is 0 Å². The van der Waals surface area contributed by atoms with E-state index < -0.39 is 17.7 Å². The fourth-order valence-electron chi connectivity index (χ4n) is 4.69. The van der Waals surface area contributed by atoms with Crippen LogP contribution < -0.4 is 24.0 Å². The van der Waals surface area contributed by atoms with Gasteiger partial charge in [0.25, 0.3) is 11.7 Å². The van der Waals surface area contributed by atoms with Gasteiger partial charge in [0.05, 0.1) is 31.9 Å². The zero-order chi connectivity index (χ0) is 28.4. The summed E-state index contributed by atoms with van der Waals surface area (Å²) in [6, 6.07) is 16.8. The maximum Gasteiger partial charge on any atom is 0.300 e. The molecule has 0 aromatic heterocycles. The minimum absolute atomic E-state index is 0.0131. The SMILES string of the molecule is COc1ccc(C2/C(=C(/O)c3ccc(OC(C)C)c(C)c3)C(=O)C(=O)N2c2ccc(N(C)C)cc2)cc1OC. The molecule has 3 aromatic carbocycles. The third-order valence-electron chi connectivity index (χ3n) is 6.62. The summed E-state index contributed by atoms with van der Waals surface area (Å²) in [6.45, 7) is 5.73. The summed E-state index contributed by atoms with van der Waals surface area (Å²) >= 11 is 0. The normalized spacial score (nSPS) is 16.5. The molecule has 0 saturated carbocycles. The highest BCUT2D eigenvalue weighted by atomic mass is 16.5. The molecular weight excluding hydrogens is 496 g/mol. The molecule has 1 aliphatic rings. The minimum Gasteiger partial charge on any atom is -0.507 e. The number of aliphatic hydroxyl groups is 1. The number of carbonyl (C=O) groups is 2. The van der Waals surface area contributed by atoms with Crippen LogP contribution >= 0.6 is 0 Å². The molecule has 8 heteroatoms. The highest BCUT2D eigenvalue weighted by molar-refractivity contribution is 6.51. The van der Waals surface area contributed by atoms with Gasteiger partial charge in [-0.3, -0.25) is 14.5 Å². The number of hydrogen-bond acceptors (Lipinski definition) is 7. The molecule has 0 radical (unpaired) electrons. The van der Waals surface area contributed by atoms with Gasteiger partial charge in [0.15, 0.2) is 11.5 Å². The zero-order valence-electron chi connectivity index (χ0n) is 23.3. The minimum atomic E-state index is -0.901. The zero-order valence-corrected chi connectivity index (χ0v) is 23.3. The molecule has 1 aliphatic heterocycles. The van der Waals surface area contributed by atoms with Gasteiger partial charge in [0.1, 0.15) is 11.5 Å². The molecule has 8 nitrogen and oxygen atoms in total. The molecule has 1 fully saturated rings. The smallest absolute Gasteiger partial charge is 0.300 e. The van der Waals surface area contributed by atoms with Gasteiger partial charge in [-0.2, -0.15) is 0 Å². The van der Waals surface area contributed by atoms with Crippen molar-refractivity contribution in [1.82, 2.24) is 0 Å². The van der Waals surface area contributed by atoms with Gasteiger partial charge in [0.2, 0.25) is 0 Å². The van der Waals surface area contributed by atoms with Crippen molar-refractivity contribution in [2.75, 3.05) is 38.1 Å². The lowest BCUT2D eigenvalue weighted by atomic mass is 9.94. The molecular formula is C31H34N2O6. The van der Waals surface area contributed by atoms with Gasteiger partial charge >= 0.3 is 0 Å². The monoisotopic (exact) mass is 530 g/mol. The van der Waals surface area contributed by atoms with Gasteiger partial charge in [-0.05, 0) is 86.5 Å². The van der Waals surface area contributed by atoms with E-state index in [4.69, 9.17) is 14.2 Å². The Kier molecular flexibility index (Phi) is 7.85. The number of nitrogens with zero attached hydrogens (tertiary/aromatic N) is 2. The highest BCUT2D eigenvalue weighted by Gasteiger charge is 2.47. The fourth-order valence-corrected chi connectivity index (χ4v) is 4.69. The number of amides is 1. The second-order valence-corrected chi connectivity index (χ2v) is 9.84. The number of hydrogen-bond donors (Lipinski definition) is 1. The van der Waals surface area contributed by atoms with Crippen LogP contribution in [-0.4, -0.2) is 51.2 Å². The van der Waals surface area contributed by atoms with Crippen molar-refractivity contribution in [3.05, 3.63) is 82.9 Å². The lowest BCUT2D eigenvalue weighted by Crippen LogP contribution is -2.29. The lowest BCUT2D eigenvalue weighted by Gasteiger charge is -2.26. The summed E-state index contributed by atoms with van der Waals surface area (Å²) in [6.07, 6.45) is -0.0163. The largest absolute Gasteiger partial charge is 0.507 e. The van der Waals surface area contributed by atoms with E-state index in [2.05, 4.69) is 0 Å². The molecule has 0 bridgehead atoms. The van der Waals surface area contributed by atoms with E-state index in [1.165, 1.54) is 19.1 Å². The maximum absolute atomic E-state index is 13.5. The first-order valence-corrected chi connectivity index (χ1v) is 12.6. The molecule has 3 aromatic rings. The summed E-state index contributed by atoms with van der Waals surface area (Å²) in [5, 5.41) is 11.5. The summed E-state index contributed by atoms with van der Waals surface area (Å²) in [7, 11) is 6.89. The quantitative estimate of drug-likeness (QED) is 0.234. The van der Waals surface area contributed by atoms with Crippen molar-refractivity contribution < 1.29 is 28.9 Å². The number of Topliss-reactive ketones (excluding diaryl/α,β-unsaturated/α-hetero) is 1. The predicted molar refractivity (Wildman–Crippen MR) is 152 cm³/mol. The summed E-state index contributed by atoms with van der Waals surface area (Å²) < 4.78 is 16.7. The van der Waals surface area contributed by atoms with Crippen LogP contribution in [0.5, 0.6) is 17.2 Å². The molecule has 0 aliphatic carbocycles. The van der Waals surface area contributed by atoms with Crippen molar-refractivity contribution in [3.63, 3.8) is 0 Å². The topological polar surface area (TPSA) is 88.5 Å². The van der Waals surface area contributed by atoms with Gasteiger partial charge < -0.3 is 24.2 Å². The van der Waals surface area contributed by atoms with Crippen LogP contribution in [0, 0.1) is 6.92 Å². The standard InChI is InChI=1S/C31H34N2O6/c1-18(2)39-24-14-9-21(16-19(24)3)29(34)27-28(20-8-15-25(37-6)26(17-20)38-7)33(31(36)30(27)35)23-12-10-22(11-13-23)32(4)5/h8-18,28,34H,1-7H3/b29-27-. The van der Waals surface area contributed by atoms with E-state index in [0.717, 1.165) is 11.3 Å². The summed E-state index contributed by atoms with van der Waals surface area (Å²) in [5.41, 5.74) is 3.25. The van der Waals surface area contributed by atoms with E-state index in [1.807, 2.05) is 51.9 Å². The first-order chi connectivity index (χ1) is 18.6. The Morgan fingerprint density at radius 1 is 0.897 bits per heavy atom. The van der Waals surface area contributed by atoms with E-state index >= 15 is 0 Å². The average molecular weight is 531 g/mol. The number of benzene rings is 3. The Morgan fingerprint density at radius 3 is 2.10 bits per heavy atom. The molecule has 1 amide bonds. The third-order valence-corrected chi connectivity index (χ3v) is 6.62. The van der Waals surface area contributed by atoms with Crippen LogP contribution in [0.1, 0.15) is 36.6 Å². The Bertz CT molecular complexity index is 1430. The number of methoxy groups -OCH3 is 2. The van der Waals surface area contributed by atoms with E-state index in [1.54, 1.807) is 48.5 Å². The molecule has 39 heavy (non-hydrogen) atoms. The number of ketones is 1. The van der Waals surface area contributed by atoms with Crippen LogP contribution in [0.25, 0.3) is 5.76 Å². The number of aryl methyl sites for hydroxylation is 1. The average Bonchev–Trinajstić information content (AvgIpc) is 3.18. The molecule has 1 saturated heterocycles. The fraction of sp³-hybridized carbons (Fsp3) is 0.290. The highest BCUT2D eigenvalue weighted by Crippen LogP contribution is 2.44. The van der Waals surface area contributed by atoms with Crippen LogP contribution in [0.15, 0.2) is 66.2 Å². The van der Waals surface area contributed by atoms with E-state index in [-0.39, 0.29) is 17.4 Å². The number of anilines is 2. The molecule has 0 spiro atoms. The van der Waals surface area contributed by atoms with Crippen molar-refractivity contribution in [3.8, 4) is 17.2 Å². The Balaban J connectivity index is 1.91. The van der Waals surface area contributed by atoms with Crippen molar-refractivity contribution in [1.29, 1.82) is 0 Å². The van der Waals surface area contributed by atoms with E-state index in [0.29, 0.717) is 34.1 Å². The van der Waals surface area contributed by atoms with Crippen LogP contribution in [0.3, 0.4) is 0 Å². The summed E-state index contributed by atoms with van der Waals surface area (Å²) in [5.74, 6) is -0.145. The molecule has 204 valence electrons. The number of ether oxygens (including phenoxy) is 3. The first-order valence-electron chi connectivity index (χ1n) is 12.6. The third kappa shape index (κ3) is 5.27. The predicted octanol–water partition coefficient (Wildman–Crippen LogP) is 5.49. The second kappa shape index (κ2) is 11.1. The molecule has 1 heterocycles. The molecule has 1 unspecified atom stereocenters. The van der Waals surface area contributed by atoms with Crippen LogP contribution in [0.2, 0.25) is 0 Å². The molecule has 1 N–H and O–H groups in total. The van der Waals surface area contributed by atoms with Crippen LogP contribution in [0.4, 0.5) is 11.4 Å². The van der Waals surface area contributed by atoms with Crippen molar-refractivity contribution in [2.24, 2.45) is 0 Å². The Morgan fingerprint density at radius 2 is 1.54 bits per heavy atom. The number of rotatable bonds is 8. The molecule has 1 atom stereocenters. The number of carbonyl (C=O) groups excluding carboxylic acids is 2. The maximum atomic E-state index is 13.5. The second-order valence-electron chi connectivity index (χ2n) is 9.84. The van der Waals surface area contributed by atoms with Gasteiger partial charge in [-0.25, -0.2) is 0 Å². The number of aliphatic hydroxyl groups excluding tert-OH is 1. The van der Waals surface area contributed by atoms with Crippen molar-refractivity contribution in [2.45, 2.75) is 32.9 Å². The molecule has 4 rings (SSSR count). The Labute approximate surface area is 229 Å². The van der Waals surface area contributed by atoms with Crippen molar-refractivity contribution >= 4 is 28.8 Å². The Hall–Kier alpha value is -4.46. The first kappa shape index (κ1) is 27.6. The van der Waals surface area contributed by atoms with Gasteiger partial charge in [0, 0.05) is 31.0 Å². The van der Waals surface area contributed by atoms with E-state index in [9.17, 15) is 14.7 Å². The summed E-state index contributed by atoms with van der Waals surface area (Å²) in [4.78, 5) is 30.4. The van der Waals surface area contributed by atoms with Crippen LogP contribution in [-0.2, 0) is 9.59 Å². The van der Waals surface area contributed by atoms with Gasteiger partial charge in [-0.1, -0.05) is 6.07 Å². The lowest BCUT2D eigenvalue weighted by molar-refractivity contribution is -0.132.